The number of alkyl halides is 4. The maximum absolute atomic E-state index is 15.5. The fourth-order valence-electron chi connectivity index (χ4n) is 15.6. The molecule has 4 saturated carbocycles. The Morgan fingerprint density at radius 2 is 1.24 bits per heavy atom. The minimum absolute atomic E-state index is 0.00271. The number of thioether (sulfide) groups is 1. The minimum atomic E-state index is -4.51. The van der Waals surface area contributed by atoms with Crippen molar-refractivity contribution in [2.24, 2.45) is 35.5 Å². The summed E-state index contributed by atoms with van der Waals surface area (Å²) in [5.74, 6) is -10.2. The summed E-state index contributed by atoms with van der Waals surface area (Å²) in [5.41, 5.74) is -1.51. The lowest BCUT2D eigenvalue weighted by atomic mass is 9.78. The number of nitrogens with zero attached hydrogens (tertiary/aromatic N) is 9. The highest BCUT2D eigenvalue weighted by Gasteiger charge is 2.52. The lowest BCUT2D eigenvalue weighted by Crippen LogP contribution is -2.65. The van der Waals surface area contributed by atoms with Gasteiger partial charge in [-0.3, -0.25) is 57.5 Å². The molecule has 29 heteroatoms. The van der Waals surface area contributed by atoms with E-state index >= 15 is 19.2 Å². The second-order valence-electron chi connectivity index (χ2n) is 30.0. The minimum Gasteiger partial charge on any atom is -0.347 e. The van der Waals surface area contributed by atoms with E-state index in [0.717, 1.165) is 66.5 Å². The van der Waals surface area contributed by atoms with Gasteiger partial charge in [0.1, 0.15) is 47.8 Å². The molecule has 0 aromatic carbocycles. The summed E-state index contributed by atoms with van der Waals surface area (Å²) in [5, 5.41) is 7.60. The third kappa shape index (κ3) is 21.3. The van der Waals surface area contributed by atoms with Gasteiger partial charge in [-0.15, -0.1) is 23.4 Å². The number of rotatable bonds is 11. The van der Waals surface area contributed by atoms with Crippen molar-refractivity contribution >= 4 is 94.2 Å². The molecule has 0 aromatic rings. The predicted octanol–water partition coefficient (Wildman–Crippen LogP) is 5.51. The molecule has 2 heterocycles. The Hall–Kier alpha value is -5.93. The largest absolute Gasteiger partial charge is 0.393 e. The molecule has 11 atom stereocenters. The van der Waals surface area contributed by atoms with Crippen molar-refractivity contribution in [3.8, 4) is 0 Å². The highest BCUT2D eigenvalue weighted by molar-refractivity contribution is 8.00. The van der Waals surface area contributed by atoms with Crippen molar-refractivity contribution in [2.45, 2.75) is 235 Å². The number of carbonyl (C=O) groups is 12. The lowest BCUT2D eigenvalue weighted by Gasteiger charge is -2.41. The van der Waals surface area contributed by atoms with Gasteiger partial charge >= 0.3 is 6.18 Å². The molecule has 0 radical (unpaired) electrons. The summed E-state index contributed by atoms with van der Waals surface area (Å²) < 4.78 is 42.0. The van der Waals surface area contributed by atoms with E-state index in [2.05, 4.69) is 16.0 Å². The number of hydrogen-bond acceptors (Lipinski definition) is 13. The normalized spacial score (nSPS) is 29.5. The van der Waals surface area contributed by atoms with Crippen LogP contribution in [0.25, 0.3) is 0 Å². The number of likely N-dealkylation sites (N-methyl/N-ethyl adjacent to an activating group) is 8. The first kappa shape index (κ1) is 82.0. The number of carbonyl (C=O) groups excluding carboxylic acids is 12. The first-order valence-electron chi connectivity index (χ1n) is 36.0. The quantitative estimate of drug-likeness (QED) is 0.216. The molecule has 12 amide bonds. The fraction of sp³-hybridized carbons (Fsp3) is 0.829. The molecule has 99 heavy (non-hydrogen) atoms. The molecule has 560 valence electrons. The van der Waals surface area contributed by atoms with Gasteiger partial charge in [-0.1, -0.05) is 91.9 Å². The van der Waals surface area contributed by atoms with Crippen molar-refractivity contribution in [3.63, 3.8) is 0 Å². The Kier molecular flexibility index (Phi) is 30.5. The Labute approximate surface area is 593 Å². The topological polar surface area (TPSA) is 270 Å². The summed E-state index contributed by atoms with van der Waals surface area (Å²) in [6, 6.07) is -7.99. The Morgan fingerprint density at radius 1 is 0.636 bits per heavy atom. The molecular formula is C70H114ClF3N12O12S. The van der Waals surface area contributed by atoms with Crippen molar-refractivity contribution in [3.05, 3.63) is 0 Å². The molecule has 1 spiro atoms. The van der Waals surface area contributed by atoms with Crippen LogP contribution in [0.2, 0.25) is 0 Å². The van der Waals surface area contributed by atoms with Gasteiger partial charge in [0.25, 0.3) is 0 Å². The maximum Gasteiger partial charge on any atom is 0.393 e. The van der Waals surface area contributed by atoms with Crippen molar-refractivity contribution in [2.75, 3.05) is 101 Å². The molecule has 6 rings (SSSR count). The molecular weight excluding hydrogens is 1330 g/mol. The Bertz CT molecular complexity index is 2860. The third-order valence-corrected chi connectivity index (χ3v) is 23.6. The van der Waals surface area contributed by atoms with Crippen LogP contribution in [0.3, 0.4) is 0 Å². The van der Waals surface area contributed by atoms with Gasteiger partial charge < -0.3 is 60.0 Å². The van der Waals surface area contributed by atoms with E-state index in [9.17, 15) is 51.5 Å². The smallest absolute Gasteiger partial charge is 0.347 e. The highest BCUT2D eigenvalue weighted by atomic mass is 35.5. The first-order chi connectivity index (χ1) is 46.5. The van der Waals surface area contributed by atoms with Crippen LogP contribution in [-0.2, 0) is 57.5 Å². The second-order valence-corrected chi connectivity index (χ2v) is 31.6. The van der Waals surface area contributed by atoms with Crippen LogP contribution >= 0.6 is 23.4 Å². The standard InChI is InChI=1S/C70H114ClF3N12O12S/c1-14-44(4)59-66(96)81(9)39-56(88)79(7)40-57(89)83(11)53(37-45-23-16-15-17-24-45)65(95)80(8)38-55(87)75-50(31-29-46-28-30-48(49(71)36-46)70(72,73)74)63(93)86-34-22-27-51(86)62(92)77-69(32-20-21-33-69)68(98)85(13)60(47-25-18-19-26-47)67(97)84(12)54(64(94)78(5)6)41-99-42-58(90)82(10)52(35-43(2)3)61(91)76-59/h43-54,59-60H,14-42H2,1-13H3,(H,75,87)(H,76,91)(H,77,92)/t44-,46?,48?,49?,50-,51-,52-,53-,54-,59-,60-/m0/s1. The van der Waals surface area contributed by atoms with Crippen LogP contribution < -0.4 is 16.0 Å². The van der Waals surface area contributed by atoms with Gasteiger partial charge in [0.2, 0.25) is 70.9 Å². The molecule has 2 saturated heterocycles. The van der Waals surface area contributed by atoms with E-state index in [-0.39, 0.29) is 106 Å². The zero-order valence-corrected chi connectivity index (χ0v) is 62.5. The molecule has 2 aliphatic heterocycles. The Morgan fingerprint density at radius 3 is 1.84 bits per heavy atom. The average Bonchev–Trinajstić information content (AvgIpc) is 1.72. The molecule has 3 N–H and O–H groups in total. The average molecular weight is 1440 g/mol. The molecule has 0 aromatic heterocycles. The number of halogens is 4. The van der Waals surface area contributed by atoms with Crippen LogP contribution in [0.15, 0.2) is 0 Å². The fourth-order valence-corrected chi connectivity index (χ4v) is 17.2. The van der Waals surface area contributed by atoms with Gasteiger partial charge in [0.05, 0.1) is 31.3 Å². The summed E-state index contributed by atoms with van der Waals surface area (Å²) >= 11 is 7.49. The van der Waals surface area contributed by atoms with E-state index in [0.29, 0.717) is 38.5 Å². The van der Waals surface area contributed by atoms with Gasteiger partial charge in [0.15, 0.2) is 0 Å². The molecule has 0 bridgehead atoms. The van der Waals surface area contributed by atoms with Crippen LogP contribution in [0.1, 0.15) is 175 Å². The van der Waals surface area contributed by atoms with E-state index in [4.69, 9.17) is 11.6 Å². The van der Waals surface area contributed by atoms with E-state index in [1.807, 2.05) is 20.8 Å². The Balaban J connectivity index is 1.38. The summed E-state index contributed by atoms with van der Waals surface area (Å²) in [7, 11) is 13.3. The van der Waals surface area contributed by atoms with Gasteiger partial charge in [-0.2, -0.15) is 13.2 Å². The first-order valence-corrected chi connectivity index (χ1v) is 37.6. The van der Waals surface area contributed by atoms with E-state index in [1.54, 1.807) is 21.0 Å². The van der Waals surface area contributed by atoms with E-state index in [1.165, 1.54) is 83.6 Å². The number of amides is 12. The van der Waals surface area contributed by atoms with E-state index < -0.39 is 162 Å². The summed E-state index contributed by atoms with van der Waals surface area (Å²) in [6.07, 6.45) is 5.64. The van der Waals surface area contributed by atoms with Gasteiger partial charge in [-0.25, -0.2) is 0 Å². The zero-order chi connectivity index (χ0) is 73.5. The molecule has 6 aliphatic rings. The summed E-state index contributed by atoms with van der Waals surface area (Å²) in [6.45, 7) is 5.88. The van der Waals surface area contributed by atoms with Crippen LogP contribution in [0.4, 0.5) is 13.2 Å². The van der Waals surface area contributed by atoms with Gasteiger partial charge in [-0.05, 0) is 113 Å². The molecule has 24 nitrogen and oxygen atoms in total. The van der Waals surface area contributed by atoms with Crippen molar-refractivity contribution < 1.29 is 70.7 Å². The monoisotopic (exact) mass is 1440 g/mol. The van der Waals surface area contributed by atoms with Crippen LogP contribution in [-0.4, -0.2) is 275 Å². The molecule has 4 aliphatic carbocycles. The molecule has 6 fully saturated rings. The third-order valence-electron chi connectivity index (χ3n) is 22.1. The van der Waals surface area contributed by atoms with Crippen LogP contribution in [0, 0.1) is 35.5 Å². The highest BCUT2D eigenvalue weighted by Crippen LogP contribution is 2.44. The SMILES string of the molecule is CC[C@H](C)[C@@H]1NC(=O)[C@H](CC(C)C)N(C)C(=O)CSC[C@@H](C(=O)N(C)C)N(C)C(=O)[C@H](C2CCCC2)N(C)C(=O)C2(CCCC2)NC(=O)[C@@H]2CCCN2C(=O)[C@H](CCC2CCC(C(F)(F)F)C(Cl)C2)NC(=O)CN(C)C(=O)[C@H](CC2CCCCC2)N(C)C(=O)CN(C)C(=O)CN(C)C1=O. The van der Waals surface area contributed by atoms with Crippen molar-refractivity contribution in [1.29, 1.82) is 0 Å². The van der Waals surface area contributed by atoms with Crippen LogP contribution in [0.5, 0.6) is 0 Å². The maximum atomic E-state index is 15.5. The number of nitrogens with one attached hydrogen (secondary N) is 3. The molecule has 3 unspecified atom stereocenters. The second kappa shape index (κ2) is 36.8. The lowest BCUT2D eigenvalue weighted by molar-refractivity contribution is -0.182. The van der Waals surface area contributed by atoms with Crippen molar-refractivity contribution in [1.82, 2.24) is 60.0 Å². The zero-order valence-electron chi connectivity index (χ0n) is 60.9. The van der Waals surface area contributed by atoms with Gasteiger partial charge in [0, 0.05) is 81.1 Å². The number of hydrogen-bond donors (Lipinski definition) is 3. The predicted molar refractivity (Wildman–Crippen MR) is 371 cm³/mol. The summed E-state index contributed by atoms with van der Waals surface area (Å²) in [4.78, 5) is 188. The number of fused-ring (bicyclic) bond motifs is 1.